The van der Waals surface area contributed by atoms with Gasteiger partial charge in [-0.3, -0.25) is 4.79 Å². The molecule has 0 unspecified atom stereocenters. The van der Waals surface area contributed by atoms with E-state index in [2.05, 4.69) is 6.92 Å². The van der Waals surface area contributed by atoms with Crippen LogP contribution in [0.1, 0.15) is 40.5 Å². The van der Waals surface area contributed by atoms with Gasteiger partial charge in [0.15, 0.2) is 0 Å². The maximum Gasteiger partial charge on any atom is 0.248 e. The number of amides is 1. The van der Waals surface area contributed by atoms with E-state index in [1.807, 2.05) is 20.8 Å². The van der Waals surface area contributed by atoms with Crippen molar-refractivity contribution in [1.29, 1.82) is 0 Å². The number of carbonyl (C=O) groups is 1. The Morgan fingerprint density at radius 2 is 1.94 bits per heavy atom. The lowest BCUT2D eigenvalue weighted by Gasteiger charge is -2.25. The summed E-state index contributed by atoms with van der Waals surface area (Å²) in [6.07, 6.45) is 2.09. The highest BCUT2D eigenvalue weighted by molar-refractivity contribution is 5.77. The van der Waals surface area contributed by atoms with Gasteiger partial charge in [-0.15, -0.1) is 0 Å². The van der Waals surface area contributed by atoms with E-state index in [-0.39, 0.29) is 18.1 Å². The van der Waals surface area contributed by atoms with E-state index in [1.165, 1.54) is 0 Å². The van der Waals surface area contributed by atoms with Gasteiger partial charge < -0.3 is 15.4 Å². The van der Waals surface area contributed by atoms with Gasteiger partial charge in [0.1, 0.15) is 6.61 Å². The van der Waals surface area contributed by atoms with E-state index in [1.54, 1.807) is 4.90 Å². The van der Waals surface area contributed by atoms with Crippen LogP contribution in [-0.2, 0) is 9.53 Å². The largest absolute Gasteiger partial charge is 0.366 e. The third kappa shape index (κ3) is 7.65. The average Bonchev–Trinajstić information content (AvgIpc) is 2.19. The average molecular weight is 230 g/mol. The van der Waals surface area contributed by atoms with Crippen molar-refractivity contribution in [3.63, 3.8) is 0 Å². The Balaban J connectivity index is 4.05. The van der Waals surface area contributed by atoms with Gasteiger partial charge >= 0.3 is 0 Å². The van der Waals surface area contributed by atoms with Crippen molar-refractivity contribution in [3.05, 3.63) is 0 Å². The Hall–Kier alpha value is -0.610. The van der Waals surface area contributed by atoms with Crippen LogP contribution in [0, 0.1) is 0 Å². The van der Waals surface area contributed by atoms with E-state index < -0.39 is 0 Å². The van der Waals surface area contributed by atoms with E-state index >= 15 is 0 Å². The van der Waals surface area contributed by atoms with Gasteiger partial charge in [-0.25, -0.2) is 0 Å². The summed E-state index contributed by atoms with van der Waals surface area (Å²) in [6.45, 7) is 9.99. The zero-order valence-corrected chi connectivity index (χ0v) is 11.1. The summed E-state index contributed by atoms with van der Waals surface area (Å²) in [4.78, 5) is 13.6. The fraction of sp³-hybridized carbons (Fsp3) is 0.917. The van der Waals surface area contributed by atoms with Crippen molar-refractivity contribution < 1.29 is 9.53 Å². The number of rotatable bonds is 7. The molecule has 0 rings (SSSR count). The third-order valence-electron chi connectivity index (χ3n) is 2.16. The highest BCUT2D eigenvalue weighted by atomic mass is 16.5. The number of unbranched alkanes of at least 4 members (excludes halogenated alkanes) is 1. The molecule has 0 fully saturated rings. The van der Waals surface area contributed by atoms with Crippen molar-refractivity contribution in [2.45, 2.75) is 46.1 Å². The first kappa shape index (κ1) is 15.4. The van der Waals surface area contributed by atoms with Crippen LogP contribution in [0.2, 0.25) is 0 Å². The van der Waals surface area contributed by atoms with Crippen molar-refractivity contribution in [2.24, 2.45) is 5.73 Å². The fourth-order valence-corrected chi connectivity index (χ4v) is 1.24. The van der Waals surface area contributed by atoms with E-state index in [4.69, 9.17) is 10.5 Å². The molecule has 4 heteroatoms. The third-order valence-corrected chi connectivity index (χ3v) is 2.16. The number of hydrogen-bond acceptors (Lipinski definition) is 3. The maximum absolute atomic E-state index is 11.8. The molecule has 0 aromatic carbocycles. The lowest BCUT2D eigenvalue weighted by molar-refractivity contribution is -0.141. The Labute approximate surface area is 99.1 Å². The van der Waals surface area contributed by atoms with E-state index in [0.29, 0.717) is 13.1 Å². The molecule has 4 nitrogen and oxygen atoms in total. The maximum atomic E-state index is 11.8. The highest BCUT2D eigenvalue weighted by Crippen LogP contribution is 2.07. The summed E-state index contributed by atoms with van der Waals surface area (Å²) in [5, 5.41) is 0. The predicted octanol–water partition coefficient (Wildman–Crippen LogP) is 1.39. The van der Waals surface area contributed by atoms with Crippen molar-refractivity contribution >= 4 is 5.91 Å². The molecule has 96 valence electrons. The van der Waals surface area contributed by atoms with Crippen LogP contribution in [0.4, 0.5) is 0 Å². The lowest BCUT2D eigenvalue weighted by Crippen LogP contribution is -2.40. The Kier molecular flexibility index (Phi) is 7.34. The van der Waals surface area contributed by atoms with Crippen LogP contribution in [0.25, 0.3) is 0 Å². The second-order valence-electron chi connectivity index (χ2n) is 4.92. The molecule has 0 bridgehead atoms. The zero-order valence-electron chi connectivity index (χ0n) is 11.1. The van der Waals surface area contributed by atoms with Gasteiger partial charge in [-0.2, -0.15) is 0 Å². The minimum atomic E-state index is -0.269. The summed E-state index contributed by atoms with van der Waals surface area (Å²) in [7, 11) is 0. The molecule has 0 spiro atoms. The van der Waals surface area contributed by atoms with Gasteiger partial charge in [0, 0.05) is 19.6 Å². The minimum absolute atomic E-state index is 0.0359. The van der Waals surface area contributed by atoms with Crippen molar-refractivity contribution in [3.8, 4) is 0 Å². The van der Waals surface area contributed by atoms with Gasteiger partial charge in [0.2, 0.25) is 5.91 Å². The summed E-state index contributed by atoms with van der Waals surface area (Å²) in [6, 6.07) is 0. The normalized spacial score (nSPS) is 11.6. The Morgan fingerprint density at radius 3 is 2.38 bits per heavy atom. The van der Waals surface area contributed by atoms with Crippen LogP contribution >= 0.6 is 0 Å². The van der Waals surface area contributed by atoms with Gasteiger partial charge in [0.05, 0.1) is 5.60 Å². The molecule has 0 aliphatic carbocycles. The molecule has 1 amide bonds. The standard InChI is InChI=1S/C12H26N2O2/c1-5-6-8-14(9-7-13)11(15)10-16-12(2,3)4/h5-10,13H2,1-4H3. The summed E-state index contributed by atoms with van der Waals surface area (Å²) in [5.41, 5.74) is 5.22. The Bertz CT molecular complexity index is 200. The molecule has 0 saturated carbocycles. The van der Waals surface area contributed by atoms with Gasteiger partial charge in [-0.05, 0) is 27.2 Å². The first-order valence-electron chi connectivity index (χ1n) is 6.02. The van der Waals surface area contributed by atoms with Crippen LogP contribution in [-0.4, -0.2) is 42.6 Å². The number of ether oxygens (including phenoxy) is 1. The fourth-order valence-electron chi connectivity index (χ4n) is 1.24. The van der Waals surface area contributed by atoms with Crippen LogP contribution in [0.15, 0.2) is 0 Å². The molecule has 0 aliphatic rings. The molecule has 0 saturated heterocycles. The Morgan fingerprint density at radius 1 is 1.31 bits per heavy atom. The first-order valence-corrected chi connectivity index (χ1v) is 6.02. The monoisotopic (exact) mass is 230 g/mol. The molecule has 0 radical (unpaired) electrons. The van der Waals surface area contributed by atoms with E-state index in [0.717, 1.165) is 19.4 Å². The first-order chi connectivity index (χ1) is 7.40. The summed E-state index contributed by atoms with van der Waals surface area (Å²) in [5.74, 6) is 0.0359. The van der Waals surface area contributed by atoms with Crippen molar-refractivity contribution in [1.82, 2.24) is 4.90 Å². The number of nitrogens with two attached hydrogens (primary N) is 1. The predicted molar refractivity (Wildman–Crippen MR) is 66.2 cm³/mol. The lowest BCUT2D eigenvalue weighted by atomic mass is 10.2. The molecule has 0 aromatic heterocycles. The topological polar surface area (TPSA) is 55.6 Å². The zero-order chi connectivity index (χ0) is 12.6. The summed E-state index contributed by atoms with van der Waals surface area (Å²) >= 11 is 0. The summed E-state index contributed by atoms with van der Waals surface area (Å²) < 4.78 is 5.47. The SMILES string of the molecule is CCCCN(CCN)C(=O)COC(C)(C)C. The van der Waals surface area contributed by atoms with Gasteiger partial charge in [-0.1, -0.05) is 13.3 Å². The van der Waals surface area contributed by atoms with E-state index in [9.17, 15) is 4.79 Å². The number of hydrogen-bond donors (Lipinski definition) is 1. The van der Waals surface area contributed by atoms with Crippen LogP contribution in [0.5, 0.6) is 0 Å². The number of nitrogens with zero attached hydrogens (tertiary/aromatic N) is 1. The molecule has 0 aromatic rings. The molecule has 2 N–H and O–H groups in total. The van der Waals surface area contributed by atoms with Crippen molar-refractivity contribution in [2.75, 3.05) is 26.2 Å². The second kappa shape index (κ2) is 7.63. The van der Waals surface area contributed by atoms with Crippen LogP contribution in [0.3, 0.4) is 0 Å². The molecule has 0 heterocycles. The number of carbonyl (C=O) groups excluding carboxylic acids is 1. The smallest absolute Gasteiger partial charge is 0.248 e. The molecule has 16 heavy (non-hydrogen) atoms. The van der Waals surface area contributed by atoms with Gasteiger partial charge in [0.25, 0.3) is 0 Å². The molecule has 0 atom stereocenters. The molecular weight excluding hydrogens is 204 g/mol. The van der Waals surface area contributed by atoms with Crippen LogP contribution < -0.4 is 5.73 Å². The minimum Gasteiger partial charge on any atom is -0.366 e. The quantitative estimate of drug-likeness (QED) is 0.719. The molecular formula is C12H26N2O2. The second-order valence-corrected chi connectivity index (χ2v) is 4.92. The highest BCUT2D eigenvalue weighted by Gasteiger charge is 2.17. The molecule has 0 aliphatic heterocycles.